The monoisotopic (exact) mass is 202 g/mol. The summed E-state index contributed by atoms with van der Waals surface area (Å²) in [6, 6.07) is 0. The van der Waals surface area contributed by atoms with Crippen molar-refractivity contribution in [1.82, 2.24) is 0 Å². The predicted octanol–water partition coefficient (Wildman–Crippen LogP) is 2.14. The second-order valence-electron chi connectivity index (χ2n) is 0.862. The molecule has 0 heterocycles. The molecule has 0 aromatic carbocycles. The standard InChI is InChI=1S/C4H7ClSSe/c1-6-4(5)3-7-2/h3H,1-2H3/b4-3+. The molecule has 0 saturated heterocycles. The van der Waals surface area contributed by atoms with Gasteiger partial charge in [0.2, 0.25) is 0 Å². The summed E-state index contributed by atoms with van der Waals surface area (Å²) < 4.78 is 0.919. The molecule has 0 fully saturated rings. The van der Waals surface area contributed by atoms with Crippen LogP contribution in [0, 0.1) is 0 Å². The summed E-state index contributed by atoms with van der Waals surface area (Å²) >= 11 is 7.78. The molecule has 0 aromatic rings. The van der Waals surface area contributed by atoms with Crippen molar-refractivity contribution in [3.05, 3.63) is 9.34 Å². The Balaban J connectivity index is 3.29. The Bertz CT molecular complexity index is 72.1. The first-order valence-electron chi connectivity index (χ1n) is 1.73. The van der Waals surface area contributed by atoms with Crippen LogP contribution in [0.25, 0.3) is 0 Å². The van der Waals surface area contributed by atoms with E-state index in [-0.39, 0.29) is 0 Å². The number of thioether (sulfide) groups is 1. The van der Waals surface area contributed by atoms with E-state index in [4.69, 9.17) is 11.6 Å². The van der Waals surface area contributed by atoms with Crippen LogP contribution in [0.2, 0.25) is 5.82 Å². The summed E-state index contributed by atoms with van der Waals surface area (Å²) in [5.74, 6) is 2.13. The van der Waals surface area contributed by atoms with E-state index in [9.17, 15) is 0 Å². The summed E-state index contributed by atoms with van der Waals surface area (Å²) in [5, 5.41) is 0. The molecule has 42 valence electrons. The van der Waals surface area contributed by atoms with Gasteiger partial charge in [-0.1, -0.05) is 0 Å². The molecule has 0 nitrogen and oxygen atoms in total. The van der Waals surface area contributed by atoms with Crippen LogP contribution in [0.1, 0.15) is 0 Å². The van der Waals surface area contributed by atoms with Gasteiger partial charge in [-0.2, -0.15) is 0 Å². The van der Waals surface area contributed by atoms with E-state index in [1.165, 1.54) is 0 Å². The molecule has 7 heavy (non-hydrogen) atoms. The average molecular weight is 202 g/mol. The Labute approximate surface area is 59.9 Å². The van der Waals surface area contributed by atoms with Gasteiger partial charge in [0, 0.05) is 0 Å². The molecule has 0 bridgehead atoms. The first-order valence-corrected chi connectivity index (χ1v) is 6.04. The summed E-state index contributed by atoms with van der Waals surface area (Å²) in [7, 11) is 0. The van der Waals surface area contributed by atoms with Gasteiger partial charge in [-0.25, -0.2) is 0 Å². The van der Waals surface area contributed by atoms with Crippen molar-refractivity contribution in [1.29, 1.82) is 0 Å². The second kappa shape index (κ2) is 5.04. The van der Waals surface area contributed by atoms with Crippen LogP contribution in [0.4, 0.5) is 0 Å². The number of halogens is 1. The third-order valence-corrected chi connectivity index (χ3v) is 3.10. The Morgan fingerprint density at radius 1 is 1.86 bits per heavy atom. The summed E-state index contributed by atoms with van der Waals surface area (Å²) in [6.07, 6.45) is 1.98. The molecule has 0 aliphatic heterocycles. The zero-order valence-corrected chi connectivity index (χ0v) is 7.56. The van der Waals surface area contributed by atoms with Gasteiger partial charge in [-0.15, -0.1) is 0 Å². The average Bonchev–Trinajstić information content (AvgIpc) is 1.68. The van der Waals surface area contributed by atoms with Crippen LogP contribution in [0.15, 0.2) is 9.34 Å². The van der Waals surface area contributed by atoms with E-state index >= 15 is 0 Å². The molecule has 0 saturated carbocycles. The SMILES string of the molecule is CS/C(Cl)=C/[Se]C. The molecule has 3 heteroatoms. The van der Waals surface area contributed by atoms with Crippen molar-refractivity contribution in [2.45, 2.75) is 5.82 Å². The van der Waals surface area contributed by atoms with Crippen LogP contribution in [0.5, 0.6) is 0 Å². The maximum atomic E-state index is 5.61. The van der Waals surface area contributed by atoms with Crippen molar-refractivity contribution in [2.24, 2.45) is 0 Å². The topological polar surface area (TPSA) is 0 Å². The molecule has 0 aliphatic rings. The minimum atomic E-state index is 0.583. The van der Waals surface area contributed by atoms with Gasteiger partial charge >= 0.3 is 59.7 Å². The quantitative estimate of drug-likeness (QED) is 0.617. The van der Waals surface area contributed by atoms with Gasteiger partial charge in [0.25, 0.3) is 0 Å². The van der Waals surface area contributed by atoms with Gasteiger partial charge in [0.15, 0.2) is 0 Å². The third-order valence-electron chi connectivity index (χ3n) is 0.406. The van der Waals surface area contributed by atoms with Gasteiger partial charge in [-0.3, -0.25) is 0 Å². The number of hydrogen-bond acceptors (Lipinski definition) is 1. The first-order chi connectivity index (χ1) is 3.31. The van der Waals surface area contributed by atoms with E-state index in [1.54, 1.807) is 11.8 Å². The fraction of sp³-hybridized carbons (Fsp3) is 0.500. The van der Waals surface area contributed by atoms with Crippen molar-refractivity contribution >= 4 is 38.3 Å². The number of hydrogen-bond donors (Lipinski definition) is 0. The maximum absolute atomic E-state index is 5.61. The fourth-order valence-corrected chi connectivity index (χ4v) is 2.19. The predicted molar refractivity (Wildman–Crippen MR) is 39.1 cm³/mol. The van der Waals surface area contributed by atoms with Gasteiger partial charge in [0.05, 0.1) is 0 Å². The van der Waals surface area contributed by atoms with E-state index in [0.717, 1.165) is 4.36 Å². The molecule has 0 spiro atoms. The molecule has 0 unspecified atom stereocenters. The van der Waals surface area contributed by atoms with Crippen molar-refractivity contribution in [2.75, 3.05) is 6.26 Å². The van der Waals surface area contributed by atoms with Crippen molar-refractivity contribution in [3.8, 4) is 0 Å². The van der Waals surface area contributed by atoms with Gasteiger partial charge in [-0.05, 0) is 0 Å². The molecule has 0 rings (SSSR count). The Morgan fingerprint density at radius 2 is 2.43 bits per heavy atom. The molecule has 0 radical (unpaired) electrons. The first kappa shape index (κ1) is 7.90. The van der Waals surface area contributed by atoms with E-state index < -0.39 is 0 Å². The zero-order valence-electron chi connectivity index (χ0n) is 4.27. The van der Waals surface area contributed by atoms with Crippen LogP contribution in [-0.2, 0) is 0 Å². The second-order valence-corrected chi connectivity index (χ2v) is 3.82. The summed E-state index contributed by atoms with van der Waals surface area (Å²) in [6.45, 7) is 0. The normalized spacial score (nSPS) is 12.1. The fourth-order valence-electron chi connectivity index (χ4n) is 0.141. The molecule has 0 aromatic heterocycles. The summed E-state index contributed by atoms with van der Waals surface area (Å²) in [5.41, 5.74) is 0. The Hall–Kier alpha value is 0.899. The van der Waals surface area contributed by atoms with Crippen LogP contribution in [0.3, 0.4) is 0 Å². The van der Waals surface area contributed by atoms with E-state index in [1.807, 2.05) is 6.26 Å². The summed E-state index contributed by atoms with van der Waals surface area (Å²) in [4.78, 5) is 2.05. The molecule has 0 aliphatic carbocycles. The van der Waals surface area contributed by atoms with E-state index in [2.05, 4.69) is 10.8 Å². The Kier molecular flexibility index (Phi) is 5.69. The van der Waals surface area contributed by atoms with E-state index in [0.29, 0.717) is 15.0 Å². The molecule has 0 amide bonds. The van der Waals surface area contributed by atoms with Gasteiger partial charge < -0.3 is 0 Å². The molecular formula is C4H7ClSSe. The third kappa shape index (κ3) is 4.76. The van der Waals surface area contributed by atoms with Crippen LogP contribution >= 0.6 is 23.4 Å². The van der Waals surface area contributed by atoms with Gasteiger partial charge in [0.1, 0.15) is 0 Å². The molecule has 0 atom stereocenters. The molecule has 0 N–H and O–H groups in total. The van der Waals surface area contributed by atoms with Crippen LogP contribution in [-0.4, -0.2) is 21.2 Å². The van der Waals surface area contributed by atoms with Crippen LogP contribution < -0.4 is 0 Å². The van der Waals surface area contributed by atoms with Crippen molar-refractivity contribution in [3.63, 3.8) is 0 Å². The minimum absolute atomic E-state index is 0.583. The van der Waals surface area contributed by atoms with Crippen molar-refractivity contribution < 1.29 is 0 Å². The zero-order chi connectivity index (χ0) is 5.70. The number of rotatable bonds is 2. The molecular weight excluding hydrogens is 195 g/mol. The Morgan fingerprint density at radius 3 is 2.57 bits per heavy atom.